The van der Waals surface area contributed by atoms with E-state index in [1.165, 1.54) is 11.8 Å². The lowest BCUT2D eigenvalue weighted by atomic mass is 10.0. The third-order valence-corrected chi connectivity index (χ3v) is 6.05. The van der Waals surface area contributed by atoms with E-state index in [9.17, 15) is 9.90 Å². The van der Waals surface area contributed by atoms with Crippen molar-refractivity contribution in [2.45, 2.75) is 43.6 Å². The molecule has 0 aliphatic carbocycles. The molecule has 3 aromatic heterocycles. The van der Waals surface area contributed by atoms with Crippen LogP contribution in [-0.4, -0.2) is 37.7 Å². The van der Waals surface area contributed by atoms with Gasteiger partial charge in [-0.1, -0.05) is 36.9 Å². The SMILES string of the molecule is CC(C)C[C@H](CO)Nc1nc(S[C@@H](C)c2cc(C#N)ccn2)nc2[nH]c(=O)sc12. The molecule has 10 heteroatoms. The Kier molecular flexibility index (Phi) is 6.84. The largest absolute Gasteiger partial charge is 0.394 e. The van der Waals surface area contributed by atoms with Gasteiger partial charge in [-0.25, -0.2) is 9.97 Å². The summed E-state index contributed by atoms with van der Waals surface area (Å²) in [4.78, 5) is 27.8. The lowest BCUT2D eigenvalue weighted by molar-refractivity contribution is 0.259. The Morgan fingerprint density at radius 2 is 2.17 bits per heavy atom. The van der Waals surface area contributed by atoms with Gasteiger partial charge in [-0.15, -0.1) is 0 Å². The molecule has 0 saturated heterocycles. The number of nitriles is 1. The molecule has 0 saturated carbocycles. The third-order valence-electron chi connectivity index (χ3n) is 4.19. The smallest absolute Gasteiger partial charge is 0.306 e. The number of pyridine rings is 1. The molecule has 0 aliphatic rings. The molecule has 152 valence electrons. The molecule has 0 aromatic carbocycles. The summed E-state index contributed by atoms with van der Waals surface area (Å²) in [6.45, 7) is 6.09. The zero-order chi connectivity index (χ0) is 21.0. The Balaban J connectivity index is 1.92. The van der Waals surface area contributed by atoms with E-state index in [0.717, 1.165) is 23.5 Å². The number of hydrogen-bond acceptors (Lipinski definition) is 9. The number of rotatable bonds is 8. The number of aliphatic hydroxyl groups excluding tert-OH is 1. The van der Waals surface area contributed by atoms with Crippen molar-refractivity contribution in [1.82, 2.24) is 19.9 Å². The van der Waals surface area contributed by atoms with Gasteiger partial charge in [0.05, 0.1) is 35.2 Å². The molecule has 2 atom stereocenters. The van der Waals surface area contributed by atoms with Crippen LogP contribution in [0.4, 0.5) is 5.82 Å². The van der Waals surface area contributed by atoms with E-state index < -0.39 is 0 Å². The number of anilines is 1. The van der Waals surface area contributed by atoms with Crippen molar-refractivity contribution in [3.8, 4) is 6.07 Å². The summed E-state index contributed by atoms with van der Waals surface area (Å²) >= 11 is 2.43. The van der Waals surface area contributed by atoms with Crippen LogP contribution >= 0.6 is 23.1 Å². The van der Waals surface area contributed by atoms with Gasteiger partial charge in [0, 0.05) is 6.20 Å². The minimum atomic E-state index is -0.208. The summed E-state index contributed by atoms with van der Waals surface area (Å²) in [5, 5.41) is 22.5. The first-order valence-electron chi connectivity index (χ1n) is 9.20. The highest BCUT2D eigenvalue weighted by molar-refractivity contribution is 7.99. The van der Waals surface area contributed by atoms with E-state index in [-0.39, 0.29) is 22.8 Å². The Labute approximate surface area is 176 Å². The zero-order valence-corrected chi connectivity index (χ0v) is 18.0. The highest BCUT2D eigenvalue weighted by Gasteiger charge is 2.19. The summed E-state index contributed by atoms with van der Waals surface area (Å²) < 4.78 is 0.638. The van der Waals surface area contributed by atoms with E-state index in [2.05, 4.69) is 45.2 Å². The van der Waals surface area contributed by atoms with Crippen LogP contribution in [0.5, 0.6) is 0 Å². The number of hydrogen-bond donors (Lipinski definition) is 3. The molecule has 0 bridgehead atoms. The molecule has 0 spiro atoms. The van der Waals surface area contributed by atoms with Gasteiger partial charge in [-0.3, -0.25) is 14.8 Å². The number of aromatic nitrogens is 4. The minimum Gasteiger partial charge on any atom is -0.394 e. The van der Waals surface area contributed by atoms with Gasteiger partial charge < -0.3 is 10.4 Å². The number of aromatic amines is 1. The predicted octanol–water partition coefficient (Wildman–Crippen LogP) is 3.32. The molecule has 3 aromatic rings. The second-order valence-electron chi connectivity index (χ2n) is 7.04. The first-order chi connectivity index (χ1) is 13.9. The molecule has 0 unspecified atom stereocenters. The number of H-pyrrole nitrogens is 1. The molecular formula is C19H22N6O2S2. The topological polar surface area (TPSA) is 128 Å². The molecule has 3 N–H and O–H groups in total. The van der Waals surface area contributed by atoms with E-state index in [1.54, 1.807) is 18.3 Å². The van der Waals surface area contributed by atoms with Crippen molar-refractivity contribution in [2.75, 3.05) is 11.9 Å². The summed E-state index contributed by atoms with van der Waals surface area (Å²) in [6.07, 6.45) is 2.38. The number of thiazole rings is 1. The van der Waals surface area contributed by atoms with E-state index in [4.69, 9.17) is 5.26 Å². The lowest BCUT2D eigenvalue weighted by Crippen LogP contribution is -2.26. The van der Waals surface area contributed by atoms with Crippen LogP contribution in [0.25, 0.3) is 10.3 Å². The Morgan fingerprint density at radius 1 is 1.38 bits per heavy atom. The molecule has 8 nitrogen and oxygen atoms in total. The van der Waals surface area contributed by atoms with Gasteiger partial charge in [0.1, 0.15) is 4.70 Å². The monoisotopic (exact) mass is 430 g/mol. The van der Waals surface area contributed by atoms with Crippen LogP contribution in [0.2, 0.25) is 0 Å². The number of nitrogens with zero attached hydrogens (tertiary/aromatic N) is 4. The standard InChI is InChI=1S/C19H22N6O2S2/c1-10(2)6-13(9-26)22-16-15-17(25-19(27)29-15)24-18(23-16)28-11(3)14-7-12(8-20)4-5-21-14/h4-5,7,10-11,13,26H,6,9H2,1-3H3,(H2,22,23,24,25,27)/t11-,13+/m0/s1. The third kappa shape index (κ3) is 5.32. The van der Waals surface area contributed by atoms with Gasteiger partial charge in [0.15, 0.2) is 16.6 Å². The number of nitrogens with one attached hydrogen (secondary N) is 2. The number of fused-ring (bicyclic) bond motifs is 1. The van der Waals surface area contributed by atoms with Crippen LogP contribution in [0, 0.1) is 17.2 Å². The van der Waals surface area contributed by atoms with Crippen molar-refractivity contribution >= 4 is 39.3 Å². The Morgan fingerprint density at radius 3 is 2.86 bits per heavy atom. The summed E-state index contributed by atoms with van der Waals surface area (Å²) in [6, 6.07) is 5.34. The van der Waals surface area contributed by atoms with Crippen LogP contribution in [0.15, 0.2) is 28.3 Å². The molecule has 3 heterocycles. The van der Waals surface area contributed by atoms with Crippen molar-refractivity contribution in [1.29, 1.82) is 5.26 Å². The zero-order valence-electron chi connectivity index (χ0n) is 16.3. The molecule has 0 aliphatic heterocycles. The Bertz CT molecular complexity index is 1090. The summed E-state index contributed by atoms with van der Waals surface area (Å²) in [5.74, 6) is 0.931. The maximum absolute atomic E-state index is 11.9. The van der Waals surface area contributed by atoms with Crippen LogP contribution < -0.4 is 10.2 Å². The predicted molar refractivity (Wildman–Crippen MR) is 115 cm³/mol. The molecule has 0 radical (unpaired) electrons. The van der Waals surface area contributed by atoms with Crippen molar-refractivity contribution in [3.63, 3.8) is 0 Å². The fourth-order valence-electron chi connectivity index (χ4n) is 2.88. The van der Waals surface area contributed by atoms with Gasteiger partial charge in [-0.2, -0.15) is 5.26 Å². The van der Waals surface area contributed by atoms with Crippen molar-refractivity contribution < 1.29 is 5.11 Å². The molecule has 0 amide bonds. The molecule has 29 heavy (non-hydrogen) atoms. The maximum atomic E-state index is 11.9. The normalized spacial score (nSPS) is 13.4. The van der Waals surface area contributed by atoms with Crippen LogP contribution in [0.1, 0.15) is 43.7 Å². The van der Waals surface area contributed by atoms with E-state index in [0.29, 0.717) is 32.8 Å². The molecule has 3 rings (SSSR count). The fraction of sp³-hybridized carbons (Fsp3) is 0.421. The quantitative estimate of drug-likeness (QED) is 0.367. The average molecular weight is 431 g/mol. The summed E-state index contributed by atoms with van der Waals surface area (Å²) in [5.41, 5.74) is 1.76. The Hall–Kier alpha value is -2.48. The molecular weight excluding hydrogens is 408 g/mol. The van der Waals surface area contributed by atoms with E-state index in [1.807, 2.05) is 6.92 Å². The second-order valence-corrected chi connectivity index (χ2v) is 9.33. The average Bonchev–Trinajstić information content (AvgIpc) is 3.07. The van der Waals surface area contributed by atoms with Crippen molar-refractivity contribution in [2.24, 2.45) is 5.92 Å². The highest BCUT2D eigenvalue weighted by Crippen LogP contribution is 2.34. The first kappa shape index (κ1) is 21.2. The minimum absolute atomic E-state index is 0.0350. The lowest BCUT2D eigenvalue weighted by Gasteiger charge is -2.19. The van der Waals surface area contributed by atoms with E-state index >= 15 is 0 Å². The van der Waals surface area contributed by atoms with Crippen molar-refractivity contribution in [3.05, 3.63) is 39.3 Å². The first-order valence-corrected chi connectivity index (χ1v) is 10.9. The maximum Gasteiger partial charge on any atom is 0.306 e. The highest BCUT2D eigenvalue weighted by atomic mass is 32.2. The van der Waals surface area contributed by atoms with Gasteiger partial charge in [0.25, 0.3) is 0 Å². The number of aliphatic hydroxyl groups is 1. The van der Waals surface area contributed by atoms with Gasteiger partial charge >= 0.3 is 4.87 Å². The van der Waals surface area contributed by atoms with Gasteiger partial charge in [-0.05, 0) is 31.4 Å². The summed E-state index contributed by atoms with van der Waals surface area (Å²) in [7, 11) is 0. The fourth-order valence-corrected chi connectivity index (χ4v) is 4.46. The van der Waals surface area contributed by atoms with Crippen LogP contribution in [-0.2, 0) is 0 Å². The number of thioether (sulfide) groups is 1. The van der Waals surface area contributed by atoms with Crippen LogP contribution in [0.3, 0.4) is 0 Å². The van der Waals surface area contributed by atoms with Gasteiger partial charge in [0.2, 0.25) is 0 Å². The molecule has 0 fully saturated rings. The second kappa shape index (κ2) is 9.35.